The molecule has 0 radical (unpaired) electrons. The fraction of sp³-hybridized carbons (Fsp3) is 0.444. The molecular formula is C9H8F6N2O. The summed E-state index contributed by atoms with van der Waals surface area (Å²) in [5.74, 6) is -0.633. The summed E-state index contributed by atoms with van der Waals surface area (Å²) in [4.78, 5) is 3.53. The van der Waals surface area contributed by atoms with Gasteiger partial charge in [0.25, 0.3) is 6.10 Å². The van der Waals surface area contributed by atoms with Gasteiger partial charge in [0.1, 0.15) is 5.75 Å². The van der Waals surface area contributed by atoms with Gasteiger partial charge in [0.15, 0.2) is 0 Å². The third-order valence-corrected chi connectivity index (χ3v) is 1.86. The zero-order chi connectivity index (χ0) is 14.0. The largest absolute Gasteiger partial charge is 0.470 e. The van der Waals surface area contributed by atoms with Gasteiger partial charge in [-0.25, -0.2) is 0 Å². The highest BCUT2D eigenvalue weighted by Gasteiger charge is 2.59. The van der Waals surface area contributed by atoms with Crippen LogP contribution >= 0.6 is 0 Å². The van der Waals surface area contributed by atoms with E-state index in [-0.39, 0.29) is 6.54 Å². The number of hydrogen-bond acceptors (Lipinski definition) is 3. The number of ether oxygens (including phenoxy) is 1. The highest BCUT2D eigenvalue weighted by molar-refractivity contribution is 5.20. The van der Waals surface area contributed by atoms with Gasteiger partial charge in [-0.3, -0.25) is 4.98 Å². The SMILES string of the molecule is NCc1ccc(OC(C(F)(F)F)C(F)(F)F)cn1. The minimum atomic E-state index is -5.55. The van der Waals surface area contributed by atoms with E-state index < -0.39 is 24.2 Å². The molecule has 0 spiro atoms. The summed E-state index contributed by atoms with van der Waals surface area (Å²) in [6.07, 6.45) is -14.2. The topological polar surface area (TPSA) is 48.1 Å². The van der Waals surface area contributed by atoms with Crippen LogP contribution in [0.1, 0.15) is 5.69 Å². The molecule has 0 atom stereocenters. The first-order valence-electron chi connectivity index (χ1n) is 4.59. The minimum Gasteiger partial charge on any atom is -0.470 e. The van der Waals surface area contributed by atoms with Gasteiger partial charge in [0, 0.05) is 6.54 Å². The lowest BCUT2D eigenvalue weighted by Gasteiger charge is -2.23. The predicted molar refractivity (Wildman–Crippen MR) is 48.7 cm³/mol. The molecule has 3 nitrogen and oxygen atoms in total. The van der Waals surface area contributed by atoms with Gasteiger partial charge in [-0.2, -0.15) is 26.3 Å². The van der Waals surface area contributed by atoms with Crippen molar-refractivity contribution in [2.45, 2.75) is 25.0 Å². The maximum atomic E-state index is 12.2. The minimum absolute atomic E-state index is 0.0161. The molecule has 0 unspecified atom stereocenters. The molecule has 0 saturated heterocycles. The molecular weight excluding hydrogens is 266 g/mol. The average Bonchev–Trinajstić information content (AvgIpc) is 2.23. The zero-order valence-corrected chi connectivity index (χ0v) is 8.72. The van der Waals surface area contributed by atoms with Crippen LogP contribution in [0.2, 0.25) is 0 Å². The number of halogens is 6. The van der Waals surface area contributed by atoms with Crippen molar-refractivity contribution in [3.8, 4) is 5.75 Å². The van der Waals surface area contributed by atoms with Crippen LogP contribution in [0.25, 0.3) is 0 Å². The molecule has 0 aliphatic rings. The number of nitrogens with two attached hydrogens (primary N) is 1. The third-order valence-electron chi connectivity index (χ3n) is 1.86. The summed E-state index contributed by atoms with van der Waals surface area (Å²) in [6, 6.07) is 2.12. The summed E-state index contributed by atoms with van der Waals surface area (Å²) < 4.78 is 76.9. The summed E-state index contributed by atoms with van der Waals surface area (Å²) in [5, 5.41) is 0. The van der Waals surface area contributed by atoms with E-state index in [1.807, 2.05) is 0 Å². The monoisotopic (exact) mass is 274 g/mol. The van der Waals surface area contributed by atoms with E-state index in [1.165, 1.54) is 6.07 Å². The van der Waals surface area contributed by atoms with Gasteiger partial charge in [-0.05, 0) is 12.1 Å². The third kappa shape index (κ3) is 3.76. The van der Waals surface area contributed by atoms with Crippen molar-refractivity contribution >= 4 is 0 Å². The molecule has 102 valence electrons. The molecule has 18 heavy (non-hydrogen) atoms. The Bertz CT molecular complexity index is 372. The van der Waals surface area contributed by atoms with Crippen molar-refractivity contribution in [2.24, 2.45) is 5.73 Å². The molecule has 1 heterocycles. The molecule has 9 heteroatoms. The Balaban J connectivity index is 2.90. The van der Waals surface area contributed by atoms with Gasteiger partial charge >= 0.3 is 12.4 Å². The van der Waals surface area contributed by atoms with Crippen molar-refractivity contribution in [3.05, 3.63) is 24.0 Å². The number of aromatic nitrogens is 1. The van der Waals surface area contributed by atoms with Crippen molar-refractivity contribution in [1.82, 2.24) is 4.98 Å². The van der Waals surface area contributed by atoms with Gasteiger partial charge in [-0.1, -0.05) is 0 Å². The van der Waals surface area contributed by atoms with Crippen molar-refractivity contribution < 1.29 is 31.1 Å². The summed E-state index contributed by atoms with van der Waals surface area (Å²) in [6.45, 7) is 0.0161. The van der Waals surface area contributed by atoms with E-state index in [4.69, 9.17) is 5.73 Å². The fourth-order valence-corrected chi connectivity index (χ4v) is 1.06. The van der Waals surface area contributed by atoms with Crippen LogP contribution in [0.5, 0.6) is 5.75 Å². The fourth-order valence-electron chi connectivity index (χ4n) is 1.06. The average molecular weight is 274 g/mol. The zero-order valence-electron chi connectivity index (χ0n) is 8.72. The summed E-state index contributed by atoms with van der Waals surface area (Å²) >= 11 is 0. The molecule has 0 aliphatic heterocycles. The number of alkyl halides is 6. The van der Waals surface area contributed by atoms with Crippen LogP contribution in [0, 0.1) is 0 Å². The first-order chi connectivity index (χ1) is 8.14. The summed E-state index contributed by atoms with van der Waals surface area (Å²) in [5.41, 5.74) is 5.49. The lowest BCUT2D eigenvalue weighted by molar-refractivity contribution is -0.299. The van der Waals surface area contributed by atoms with Gasteiger partial charge in [0.05, 0.1) is 11.9 Å². The number of pyridine rings is 1. The van der Waals surface area contributed by atoms with E-state index in [9.17, 15) is 26.3 Å². The van der Waals surface area contributed by atoms with Crippen LogP contribution in [-0.4, -0.2) is 23.4 Å². The molecule has 0 bridgehead atoms. The van der Waals surface area contributed by atoms with Crippen molar-refractivity contribution in [1.29, 1.82) is 0 Å². The molecule has 0 fully saturated rings. The maximum absolute atomic E-state index is 12.2. The normalized spacial score (nSPS) is 12.9. The van der Waals surface area contributed by atoms with Crippen LogP contribution < -0.4 is 10.5 Å². The molecule has 0 aliphatic carbocycles. The Morgan fingerprint density at radius 1 is 1.11 bits per heavy atom. The Morgan fingerprint density at radius 3 is 2.00 bits per heavy atom. The lowest BCUT2D eigenvalue weighted by atomic mass is 10.3. The Morgan fingerprint density at radius 2 is 1.67 bits per heavy atom. The van der Waals surface area contributed by atoms with E-state index in [2.05, 4.69) is 9.72 Å². The number of rotatable bonds is 3. The van der Waals surface area contributed by atoms with E-state index in [0.717, 1.165) is 12.3 Å². The van der Waals surface area contributed by atoms with Crippen molar-refractivity contribution in [3.63, 3.8) is 0 Å². The number of nitrogens with zero attached hydrogens (tertiary/aromatic N) is 1. The van der Waals surface area contributed by atoms with Gasteiger partial charge < -0.3 is 10.5 Å². The highest BCUT2D eigenvalue weighted by Crippen LogP contribution is 2.36. The van der Waals surface area contributed by atoms with Gasteiger partial charge in [-0.15, -0.1) is 0 Å². The quantitative estimate of drug-likeness (QED) is 0.861. The van der Waals surface area contributed by atoms with E-state index in [0.29, 0.717) is 5.69 Å². The second-order valence-electron chi connectivity index (χ2n) is 3.27. The second kappa shape index (κ2) is 5.01. The lowest BCUT2D eigenvalue weighted by Crippen LogP contribution is -2.46. The maximum Gasteiger partial charge on any atom is 0.434 e. The smallest absolute Gasteiger partial charge is 0.434 e. The first-order valence-corrected chi connectivity index (χ1v) is 4.59. The molecule has 1 aromatic heterocycles. The molecule has 0 amide bonds. The van der Waals surface area contributed by atoms with Gasteiger partial charge in [0.2, 0.25) is 0 Å². The highest BCUT2D eigenvalue weighted by atomic mass is 19.4. The van der Waals surface area contributed by atoms with Crippen LogP contribution in [-0.2, 0) is 6.54 Å². The molecule has 1 rings (SSSR count). The molecule has 0 saturated carbocycles. The predicted octanol–water partition coefficient (Wildman–Crippen LogP) is 2.41. The molecule has 2 N–H and O–H groups in total. The van der Waals surface area contributed by atoms with E-state index in [1.54, 1.807) is 0 Å². The molecule has 0 aromatic carbocycles. The second-order valence-corrected chi connectivity index (χ2v) is 3.27. The van der Waals surface area contributed by atoms with E-state index >= 15 is 0 Å². The van der Waals surface area contributed by atoms with Crippen LogP contribution in [0.3, 0.4) is 0 Å². The first kappa shape index (κ1) is 14.6. The van der Waals surface area contributed by atoms with Crippen LogP contribution in [0.15, 0.2) is 18.3 Å². The molecule has 1 aromatic rings. The Labute approximate surface area is 97.6 Å². The Hall–Kier alpha value is -1.51. The van der Waals surface area contributed by atoms with Crippen molar-refractivity contribution in [2.75, 3.05) is 0 Å². The number of hydrogen-bond donors (Lipinski definition) is 1. The standard InChI is InChI=1S/C9H8F6N2O/c10-8(11,12)7(9(13,14)15)18-6-2-1-5(3-16)17-4-6/h1-2,4,7H,3,16H2. The Kier molecular flexibility index (Phi) is 4.05. The van der Waals surface area contributed by atoms with Crippen LogP contribution in [0.4, 0.5) is 26.3 Å². The summed E-state index contributed by atoms with van der Waals surface area (Å²) in [7, 11) is 0.